The third kappa shape index (κ3) is 2.48. The van der Waals surface area contributed by atoms with Crippen molar-refractivity contribution in [3.8, 4) is 0 Å². The quantitative estimate of drug-likeness (QED) is 0.503. The van der Waals surface area contributed by atoms with Gasteiger partial charge in [-0.25, -0.2) is 0 Å². The zero-order valence-corrected chi connectivity index (χ0v) is 9.52. The molecule has 0 aromatic heterocycles. The van der Waals surface area contributed by atoms with Gasteiger partial charge >= 0.3 is 0 Å². The molecule has 0 fully saturated rings. The number of hydrogen-bond acceptors (Lipinski definition) is 0. The minimum absolute atomic E-state index is 0.326. The Morgan fingerprint density at radius 3 is 2.58 bits per heavy atom. The summed E-state index contributed by atoms with van der Waals surface area (Å²) in [5.41, 5.74) is 1.91. The highest BCUT2D eigenvalue weighted by Crippen LogP contribution is 2.35. The molecular weight excluding hydrogens is 212 g/mol. The molecule has 0 saturated carbocycles. The van der Waals surface area contributed by atoms with Gasteiger partial charge in [0, 0.05) is 10.7 Å². The fourth-order valence-electron chi connectivity index (χ4n) is 1.54. The van der Waals surface area contributed by atoms with Gasteiger partial charge in [-0.15, -0.1) is 0 Å². The molecule has 68 valence electrons. The van der Waals surface area contributed by atoms with Gasteiger partial charge in [0.25, 0.3) is 0 Å². The number of unbranched alkanes of at least 4 members (excludes halogenated alkanes) is 1. The van der Waals surface area contributed by atoms with Crippen LogP contribution in [0.1, 0.15) is 33.1 Å². The van der Waals surface area contributed by atoms with Crippen LogP contribution >= 0.6 is 15.9 Å². The molecule has 1 aliphatic carbocycles. The molecule has 12 heavy (non-hydrogen) atoms. The number of halogens is 1. The highest BCUT2D eigenvalue weighted by atomic mass is 79.9. The third-order valence-corrected chi connectivity index (χ3v) is 3.03. The lowest BCUT2D eigenvalue weighted by Gasteiger charge is -2.20. The monoisotopic (exact) mass is 228 g/mol. The van der Waals surface area contributed by atoms with E-state index < -0.39 is 0 Å². The largest absolute Gasteiger partial charge is 0.0928 e. The number of hydrogen-bond donors (Lipinski definition) is 0. The molecule has 0 aliphatic heterocycles. The Bertz CT molecular complexity index is 199. The van der Waals surface area contributed by atoms with E-state index >= 15 is 0 Å². The van der Waals surface area contributed by atoms with Crippen LogP contribution in [0, 0.1) is 5.41 Å². The third-order valence-electron chi connectivity index (χ3n) is 2.47. The van der Waals surface area contributed by atoms with E-state index in [9.17, 15) is 0 Å². The van der Waals surface area contributed by atoms with E-state index in [1.807, 2.05) is 0 Å². The zero-order valence-electron chi connectivity index (χ0n) is 7.94. The van der Waals surface area contributed by atoms with Crippen molar-refractivity contribution >= 4 is 15.9 Å². The van der Waals surface area contributed by atoms with E-state index in [1.54, 1.807) is 5.57 Å². The highest BCUT2D eigenvalue weighted by molar-refractivity contribution is 9.09. The summed E-state index contributed by atoms with van der Waals surface area (Å²) in [7, 11) is 0. The average molecular weight is 229 g/mol. The summed E-state index contributed by atoms with van der Waals surface area (Å²) in [4.78, 5) is 0. The zero-order chi connectivity index (χ0) is 9.03. The van der Waals surface area contributed by atoms with E-state index in [0.29, 0.717) is 5.41 Å². The lowest BCUT2D eigenvalue weighted by atomic mass is 9.85. The second-order valence-corrected chi connectivity index (χ2v) is 4.71. The van der Waals surface area contributed by atoms with E-state index in [4.69, 9.17) is 0 Å². The molecule has 0 bridgehead atoms. The standard InChI is InChI=1S/C11H17Br/c1-11(2)8-5-7-10(11)6-3-4-9-12/h5,7-8H,3-4,6,9H2,1-2H3. The molecule has 0 radical (unpaired) electrons. The Kier molecular flexibility index (Phi) is 3.57. The maximum atomic E-state index is 3.45. The minimum Gasteiger partial charge on any atom is -0.0928 e. The van der Waals surface area contributed by atoms with Crippen molar-refractivity contribution in [3.63, 3.8) is 0 Å². The fraction of sp³-hybridized carbons (Fsp3) is 0.636. The molecule has 0 N–H and O–H groups in total. The smallest absolute Gasteiger partial charge is 0.00404 e. The summed E-state index contributed by atoms with van der Waals surface area (Å²) in [6.07, 6.45) is 10.6. The van der Waals surface area contributed by atoms with Crippen LogP contribution < -0.4 is 0 Å². The van der Waals surface area contributed by atoms with Gasteiger partial charge in [0.1, 0.15) is 0 Å². The molecule has 0 amide bonds. The highest BCUT2D eigenvalue weighted by Gasteiger charge is 2.21. The van der Waals surface area contributed by atoms with E-state index in [2.05, 4.69) is 48.0 Å². The van der Waals surface area contributed by atoms with Crippen molar-refractivity contribution in [2.75, 3.05) is 5.33 Å². The lowest BCUT2D eigenvalue weighted by Crippen LogP contribution is -2.08. The molecule has 1 aliphatic rings. The molecule has 0 heterocycles. The van der Waals surface area contributed by atoms with Crippen LogP contribution in [0.15, 0.2) is 23.8 Å². The van der Waals surface area contributed by atoms with Crippen LogP contribution in [-0.4, -0.2) is 5.33 Å². The molecular formula is C11H17Br. The Morgan fingerprint density at radius 1 is 1.33 bits per heavy atom. The van der Waals surface area contributed by atoms with Gasteiger partial charge in [0.15, 0.2) is 0 Å². The first-order valence-electron chi connectivity index (χ1n) is 4.61. The molecule has 1 heteroatoms. The SMILES string of the molecule is CC1(C)C=CC=C1CCCCBr. The molecule has 0 saturated heterocycles. The Balaban J connectivity index is 2.35. The van der Waals surface area contributed by atoms with Crippen LogP contribution in [0.3, 0.4) is 0 Å². The molecule has 0 aromatic rings. The summed E-state index contributed by atoms with van der Waals surface area (Å²) < 4.78 is 0. The molecule has 0 unspecified atom stereocenters. The number of rotatable bonds is 4. The van der Waals surface area contributed by atoms with Crippen molar-refractivity contribution in [2.45, 2.75) is 33.1 Å². The maximum Gasteiger partial charge on any atom is 0.00404 e. The summed E-state index contributed by atoms with van der Waals surface area (Å²) in [6, 6.07) is 0. The summed E-state index contributed by atoms with van der Waals surface area (Å²) in [6.45, 7) is 4.58. The van der Waals surface area contributed by atoms with Crippen LogP contribution in [0.25, 0.3) is 0 Å². The molecule has 0 atom stereocenters. The number of alkyl halides is 1. The van der Waals surface area contributed by atoms with Gasteiger partial charge < -0.3 is 0 Å². The molecule has 0 spiro atoms. The minimum atomic E-state index is 0.326. The van der Waals surface area contributed by atoms with E-state index in [1.165, 1.54) is 19.3 Å². The van der Waals surface area contributed by atoms with Crippen molar-refractivity contribution in [1.82, 2.24) is 0 Å². The van der Waals surface area contributed by atoms with Crippen LogP contribution in [0.2, 0.25) is 0 Å². The maximum absolute atomic E-state index is 3.45. The van der Waals surface area contributed by atoms with Gasteiger partial charge in [0.05, 0.1) is 0 Å². The molecule has 1 rings (SSSR count). The van der Waals surface area contributed by atoms with E-state index in [-0.39, 0.29) is 0 Å². The fourth-order valence-corrected chi connectivity index (χ4v) is 1.94. The first kappa shape index (κ1) is 10.0. The number of allylic oxidation sites excluding steroid dienone is 4. The van der Waals surface area contributed by atoms with E-state index in [0.717, 1.165) is 5.33 Å². The molecule has 0 aromatic carbocycles. The van der Waals surface area contributed by atoms with Crippen molar-refractivity contribution in [2.24, 2.45) is 5.41 Å². The molecule has 0 nitrogen and oxygen atoms in total. The second kappa shape index (κ2) is 4.27. The van der Waals surface area contributed by atoms with Crippen LogP contribution in [-0.2, 0) is 0 Å². The predicted molar refractivity (Wildman–Crippen MR) is 58.6 cm³/mol. The lowest BCUT2D eigenvalue weighted by molar-refractivity contribution is 0.551. The Labute approximate surface area is 83.9 Å². The van der Waals surface area contributed by atoms with Crippen molar-refractivity contribution < 1.29 is 0 Å². The van der Waals surface area contributed by atoms with Crippen molar-refractivity contribution in [3.05, 3.63) is 23.8 Å². The second-order valence-electron chi connectivity index (χ2n) is 3.92. The summed E-state index contributed by atoms with van der Waals surface area (Å²) >= 11 is 3.45. The average Bonchev–Trinajstić information content (AvgIpc) is 2.32. The summed E-state index contributed by atoms with van der Waals surface area (Å²) in [5.74, 6) is 0. The van der Waals surface area contributed by atoms with Crippen molar-refractivity contribution in [1.29, 1.82) is 0 Å². The van der Waals surface area contributed by atoms with Gasteiger partial charge in [0.2, 0.25) is 0 Å². The van der Waals surface area contributed by atoms with Crippen LogP contribution in [0.4, 0.5) is 0 Å². The predicted octanol–water partition coefficient (Wildman–Crippen LogP) is 4.07. The van der Waals surface area contributed by atoms with Crippen LogP contribution in [0.5, 0.6) is 0 Å². The Morgan fingerprint density at radius 2 is 2.08 bits per heavy atom. The first-order chi connectivity index (χ1) is 5.67. The van der Waals surface area contributed by atoms with Gasteiger partial charge in [-0.3, -0.25) is 0 Å². The topological polar surface area (TPSA) is 0 Å². The summed E-state index contributed by atoms with van der Waals surface area (Å²) in [5, 5.41) is 1.13. The first-order valence-corrected chi connectivity index (χ1v) is 5.74. The van der Waals surface area contributed by atoms with Gasteiger partial charge in [-0.2, -0.15) is 0 Å². The Hall–Kier alpha value is -0.0400. The van der Waals surface area contributed by atoms with Gasteiger partial charge in [-0.05, 0) is 19.3 Å². The normalized spacial score (nSPS) is 19.8. The van der Waals surface area contributed by atoms with Gasteiger partial charge in [-0.1, -0.05) is 53.6 Å².